The molecule has 0 bridgehead atoms. The van der Waals surface area contributed by atoms with Crippen molar-refractivity contribution in [1.29, 1.82) is 0 Å². The molecule has 9 heteroatoms. The Morgan fingerprint density at radius 3 is 2.83 bits per heavy atom. The van der Waals surface area contributed by atoms with E-state index in [1.165, 1.54) is 12.1 Å². The third kappa shape index (κ3) is 4.24. The lowest BCUT2D eigenvalue weighted by Crippen LogP contribution is -2.29. The fraction of sp³-hybridized carbons (Fsp3) is 0.400. The Morgan fingerprint density at radius 2 is 2.12 bits per heavy atom. The zero-order chi connectivity index (χ0) is 17.2. The molecule has 128 valence electrons. The molecule has 1 aromatic heterocycles. The number of amides is 1. The van der Waals surface area contributed by atoms with Crippen LogP contribution in [0.5, 0.6) is 0 Å². The van der Waals surface area contributed by atoms with E-state index < -0.39 is 17.6 Å². The normalized spacial score (nSPS) is 14.5. The van der Waals surface area contributed by atoms with E-state index in [1.54, 1.807) is 0 Å². The molecule has 0 atom stereocenters. The zero-order valence-corrected chi connectivity index (χ0v) is 12.6. The van der Waals surface area contributed by atoms with Crippen LogP contribution in [0.15, 0.2) is 28.8 Å². The Balaban J connectivity index is 1.46. The van der Waals surface area contributed by atoms with Crippen LogP contribution in [0, 0.1) is 0 Å². The Labute approximate surface area is 135 Å². The predicted octanol–water partition coefficient (Wildman–Crippen LogP) is 2.69. The quantitative estimate of drug-likeness (QED) is 0.845. The highest BCUT2D eigenvalue weighted by molar-refractivity contribution is 5.80. The molecule has 2 N–H and O–H groups in total. The fourth-order valence-electron chi connectivity index (χ4n) is 2.07. The summed E-state index contributed by atoms with van der Waals surface area (Å²) in [5.74, 6) is 0.935. The lowest BCUT2D eigenvalue weighted by atomic mass is 10.2. The first-order valence-corrected chi connectivity index (χ1v) is 7.42. The van der Waals surface area contributed by atoms with Gasteiger partial charge in [0.2, 0.25) is 11.8 Å². The van der Waals surface area contributed by atoms with E-state index in [0.717, 1.165) is 25.0 Å². The van der Waals surface area contributed by atoms with Gasteiger partial charge in [-0.3, -0.25) is 4.79 Å². The molecule has 1 saturated carbocycles. The Morgan fingerprint density at radius 1 is 1.33 bits per heavy atom. The van der Waals surface area contributed by atoms with Gasteiger partial charge in [0.1, 0.15) is 0 Å². The number of carbonyl (C=O) groups is 1. The minimum atomic E-state index is -4.42. The van der Waals surface area contributed by atoms with Crippen LogP contribution in [-0.4, -0.2) is 22.6 Å². The first-order valence-electron chi connectivity index (χ1n) is 7.42. The summed E-state index contributed by atoms with van der Waals surface area (Å²) in [7, 11) is 0. The topological polar surface area (TPSA) is 80.0 Å². The molecule has 3 rings (SSSR count). The molecule has 0 spiro atoms. The van der Waals surface area contributed by atoms with E-state index in [0.29, 0.717) is 17.6 Å². The summed E-state index contributed by atoms with van der Waals surface area (Å²) in [4.78, 5) is 15.9. The highest BCUT2D eigenvalue weighted by Gasteiger charge is 2.30. The molecule has 24 heavy (non-hydrogen) atoms. The van der Waals surface area contributed by atoms with Gasteiger partial charge in [0.15, 0.2) is 5.82 Å². The molecule has 1 amide bonds. The SMILES string of the molecule is O=C(CNc1cccc(C(F)(F)F)c1)NCc1nc(C2CC2)no1. The molecule has 1 aliphatic carbocycles. The van der Waals surface area contributed by atoms with Gasteiger partial charge < -0.3 is 15.2 Å². The molecular weight excluding hydrogens is 325 g/mol. The van der Waals surface area contributed by atoms with Gasteiger partial charge in [-0.15, -0.1) is 0 Å². The van der Waals surface area contributed by atoms with Gasteiger partial charge in [0, 0.05) is 11.6 Å². The number of carbonyl (C=O) groups excluding carboxylic acids is 1. The summed E-state index contributed by atoms with van der Waals surface area (Å²) >= 11 is 0. The third-order valence-electron chi connectivity index (χ3n) is 3.51. The molecule has 1 aromatic carbocycles. The smallest absolute Gasteiger partial charge is 0.376 e. The van der Waals surface area contributed by atoms with Crippen molar-refractivity contribution in [2.75, 3.05) is 11.9 Å². The number of hydrogen-bond donors (Lipinski definition) is 2. The largest absolute Gasteiger partial charge is 0.416 e. The lowest BCUT2D eigenvalue weighted by molar-refractivity contribution is -0.137. The molecule has 6 nitrogen and oxygen atoms in total. The second kappa shape index (κ2) is 6.50. The number of benzene rings is 1. The number of alkyl halides is 3. The van der Waals surface area contributed by atoms with E-state index >= 15 is 0 Å². The molecular formula is C15H15F3N4O2. The molecule has 0 aliphatic heterocycles. The number of nitrogens with zero attached hydrogens (tertiary/aromatic N) is 2. The maximum absolute atomic E-state index is 12.6. The maximum Gasteiger partial charge on any atom is 0.416 e. The minimum Gasteiger partial charge on any atom is -0.376 e. The van der Waals surface area contributed by atoms with Crippen LogP contribution < -0.4 is 10.6 Å². The summed E-state index contributed by atoms with van der Waals surface area (Å²) in [6.07, 6.45) is -2.32. The van der Waals surface area contributed by atoms with Crippen molar-refractivity contribution in [2.45, 2.75) is 31.5 Å². The number of aromatic nitrogens is 2. The molecule has 0 radical (unpaired) electrons. The van der Waals surface area contributed by atoms with Gasteiger partial charge in [0.05, 0.1) is 18.7 Å². The van der Waals surface area contributed by atoms with Gasteiger partial charge >= 0.3 is 6.18 Å². The molecule has 2 aromatic rings. The molecule has 0 unspecified atom stereocenters. The van der Waals surface area contributed by atoms with Crippen LogP contribution in [0.2, 0.25) is 0 Å². The van der Waals surface area contributed by atoms with Crippen molar-refractivity contribution in [3.05, 3.63) is 41.5 Å². The maximum atomic E-state index is 12.6. The monoisotopic (exact) mass is 340 g/mol. The first kappa shape index (κ1) is 16.3. The van der Waals surface area contributed by atoms with Gasteiger partial charge in [-0.1, -0.05) is 11.2 Å². The van der Waals surface area contributed by atoms with Crippen molar-refractivity contribution < 1.29 is 22.5 Å². The van der Waals surface area contributed by atoms with Crippen LogP contribution in [0.4, 0.5) is 18.9 Å². The Hall–Kier alpha value is -2.58. The van der Waals surface area contributed by atoms with Crippen molar-refractivity contribution in [3.8, 4) is 0 Å². The molecule has 1 fully saturated rings. The van der Waals surface area contributed by atoms with Gasteiger partial charge in [-0.2, -0.15) is 18.2 Å². The first-order chi connectivity index (χ1) is 11.4. The Bertz CT molecular complexity index is 726. The second-order valence-corrected chi connectivity index (χ2v) is 5.53. The average Bonchev–Trinajstić information content (AvgIpc) is 3.29. The van der Waals surface area contributed by atoms with Crippen LogP contribution in [0.1, 0.15) is 36.0 Å². The van der Waals surface area contributed by atoms with Gasteiger partial charge in [-0.05, 0) is 31.0 Å². The number of halogens is 3. The van der Waals surface area contributed by atoms with Gasteiger partial charge in [0.25, 0.3) is 0 Å². The number of anilines is 1. The van der Waals surface area contributed by atoms with Crippen molar-refractivity contribution in [2.24, 2.45) is 0 Å². The molecule has 0 saturated heterocycles. The fourth-order valence-corrected chi connectivity index (χ4v) is 2.07. The average molecular weight is 340 g/mol. The summed E-state index contributed by atoms with van der Waals surface area (Å²) < 4.78 is 42.8. The summed E-state index contributed by atoms with van der Waals surface area (Å²) in [6, 6.07) is 4.66. The Kier molecular flexibility index (Phi) is 4.41. The van der Waals surface area contributed by atoms with Crippen LogP contribution in [-0.2, 0) is 17.5 Å². The lowest BCUT2D eigenvalue weighted by Gasteiger charge is -2.10. The third-order valence-corrected chi connectivity index (χ3v) is 3.51. The van der Waals surface area contributed by atoms with Crippen molar-refractivity contribution in [3.63, 3.8) is 0 Å². The van der Waals surface area contributed by atoms with Crippen LogP contribution >= 0.6 is 0 Å². The summed E-state index contributed by atoms with van der Waals surface area (Å²) in [5.41, 5.74) is -0.555. The van der Waals surface area contributed by atoms with Crippen LogP contribution in [0.25, 0.3) is 0 Å². The van der Waals surface area contributed by atoms with Crippen molar-refractivity contribution >= 4 is 11.6 Å². The highest BCUT2D eigenvalue weighted by Crippen LogP contribution is 2.38. The minimum absolute atomic E-state index is 0.0861. The van der Waals surface area contributed by atoms with E-state index in [2.05, 4.69) is 20.8 Å². The standard InChI is InChI=1S/C15H15F3N4O2/c16-15(17,18)10-2-1-3-11(6-10)19-7-12(23)20-8-13-21-14(22-24-13)9-4-5-9/h1-3,6,9,19H,4-5,7-8H2,(H,20,23). The number of hydrogen-bond acceptors (Lipinski definition) is 5. The zero-order valence-electron chi connectivity index (χ0n) is 12.6. The van der Waals surface area contributed by atoms with E-state index in [4.69, 9.17) is 4.52 Å². The van der Waals surface area contributed by atoms with Gasteiger partial charge in [-0.25, -0.2) is 0 Å². The van der Waals surface area contributed by atoms with E-state index in [-0.39, 0.29) is 18.8 Å². The summed E-state index contributed by atoms with van der Waals surface area (Å²) in [6.45, 7) is -0.0756. The number of nitrogens with one attached hydrogen (secondary N) is 2. The van der Waals surface area contributed by atoms with E-state index in [1.807, 2.05) is 0 Å². The molecule has 1 aliphatic rings. The van der Waals surface area contributed by atoms with Crippen LogP contribution in [0.3, 0.4) is 0 Å². The summed E-state index contributed by atoms with van der Waals surface area (Å²) in [5, 5.41) is 9.04. The highest BCUT2D eigenvalue weighted by atomic mass is 19.4. The number of rotatable bonds is 6. The second-order valence-electron chi connectivity index (χ2n) is 5.53. The molecule has 1 heterocycles. The van der Waals surface area contributed by atoms with E-state index in [9.17, 15) is 18.0 Å². The predicted molar refractivity (Wildman–Crippen MR) is 78.1 cm³/mol. The van der Waals surface area contributed by atoms with Crippen molar-refractivity contribution in [1.82, 2.24) is 15.5 Å².